The Bertz CT molecular complexity index is 1770. The number of benzene rings is 5. The van der Waals surface area contributed by atoms with Crippen molar-refractivity contribution in [2.45, 2.75) is 45.4 Å². The Morgan fingerprint density at radius 1 is 0.810 bits per heavy atom. The maximum absolute atomic E-state index is 6.73. The van der Waals surface area contributed by atoms with Gasteiger partial charge in [-0.1, -0.05) is 118 Å². The lowest BCUT2D eigenvalue weighted by atomic mass is 9.69. The number of hydrogen-bond acceptors (Lipinski definition) is 3. The van der Waals surface area contributed by atoms with Gasteiger partial charge in [0.25, 0.3) is 0 Å². The average molecular weight is 553 g/mol. The zero-order chi connectivity index (χ0) is 29.1. The fourth-order valence-electron chi connectivity index (χ4n) is 6.34. The Balaban J connectivity index is 1.51. The summed E-state index contributed by atoms with van der Waals surface area (Å²) in [6.07, 6.45) is 5.07. The summed E-state index contributed by atoms with van der Waals surface area (Å²) in [5.74, 6) is 1.77. The van der Waals surface area contributed by atoms with Crippen LogP contribution in [-0.4, -0.2) is 13.1 Å². The highest BCUT2D eigenvalue weighted by atomic mass is 16.5. The van der Waals surface area contributed by atoms with E-state index in [-0.39, 0.29) is 0 Å². The van der Waals surface area contributed by atoms with Crippen LogP contribution in [0.15, 0.2) is 127 Å². The van der Waals surface area contributed by atoms with Crippen molar-refractivity contribution in [1.82, 2.24) is 0 Å². The molecule has 1 aliphatic heterocycles. The standard InChI is InChI=1S/C39H40N2O/c1-5-24-40-34-22-20-30-16-10-12-18-32(30)37(34)39(4,27-29-14-8-7-9-15-29)28(3)26-36-41(25-6-2)35-23-21-31-17-11-13-19-33(31)38(35)42-36/h7-23,26,40H,3,5-6,24-25,27H2,1-2,4H3/b36-26-. The number of nitrogens with zero attached hydrogens (tertiary/aromatic N) is 1. The summed E-state index contributed by atoms with van der Waals surface area (Å²) >= 11 is 0. The third kappa shape index (κ3) is 5.05. The van der Waals surface area contributed by atoms with Crippen LogP contribution in [0.2, 0.25) is 0 Å². The number of ether oxygens (including phenoxy) is 1. The van der Waals surface area contributed by atoms with Gasteiger partial charge >= 0.3 is 0 Å². The van der Waals surface area contributed by atoms with Crippen molar-refractivity contribution in [3.63, 3.8) is 0 Å². The molecule has 1 N–H and O–H groups in total. The van der Waals surface area contributed by atoms with Crippen molar-refractivity contribution in [3.05, 3.63) is 138 Å². The molecule has 0 spiro atoms. The van der Waals surface area contributed by atoms with Gasteiger partial charge in [-0.2, -0.15) is 0 Å². The highest BCUT2D eigenvalue weighted by Crippen LogP contribution is 2.47. The fourth-order valence-corrected chi connectivity index (χ4v) is 6.34. The number of rotatable bonds is 10. The van der Waals surface area contributed by atoms with Gasteiger partial charge < -0.3 is 15.0 Å². The van der Waals surface area contributed by atoms with Crippen molar-refractivity contribution in [3.8, 4) is 5.75 Å². The van der Waals surface area contributed by atoms with Crippen molar-refractivity contribution in [2.24, 2.45) is 0 Å². The minimum atomic E-state index is -0.413. The summed E-state index contributed by atoms with van der Waals surface area (Å²) in [6, 6.07) is 36.8. The molecule has 1 unspecified atom stereocenters. The van der Waals surface area contributed by atoms with Crippen molar-refractivity contribution >= 4 is 32.9 Å². The van der Waals surface area contributed by atoms with Crippen LogP contribution in [0, 0.1) is 0 Å². The molecule has 0 amide bonds. The molecule has 1 heterocycles. The second kappa shape index (κ2) is 11.8. The van der Waals surface area contributed by atoms with E-state index < -0.39 is 5.41 Å². The maximum Gasteiger partial charge on any atom is 0.200 e. The van der Waals surface area contributed by atoms with Crippen LogP contribution in [0.5, 0.6) is 5.75 Å². The van der Waals surface area contributed by atoms with Crippen LogP contribution in [-0.2, 0) is 11.8 Å². The van der Waals surface area contributed by atoms with E-state index in [1.807, 2.05) is 0 Å². The molecule has 212 valence electrons. The highest BCUT2D eigenvalue weighted by Gasteiger charge is 2.36. The summed E-state index contributed by atoms with van der Waals surface area (Å²) in [4.78, 5) is 2.31. The predicted octanol–water partition coefficient (Wildman–Crippen LogP) is 10.0. The summed E-state index contributed by atoms with van der Waals surface area (Å²) in [6.45, 7) is 13.4. The van der Waals surface area contributed by atoms with E-state index in [0.29, 0.717) is 0 Å². The average Bonchev–Trinajstić information content (AvgIpc) is 3.37. The van der Waals surface area contributed by atoms with Gasteiger partial charge in [-0.3, -0.25) is 0 Å². The van der Waals surface area contributed by atoms with Crippen molar-refractivity contribution in [1.29, 1.82) is 0 Å². The van der Waals surface area contributed by atoms with E-state index in [1.54, 1.807) is 0 Å². The van der Waals surface area contributed by atoms with Crippen LogP contribution < -0.4 is 15.0 Å². The molecule has 0 aliphatic carbocycles. The van der Waals surface area contributed by atoms with E-state index in [2.05, 4.69) is 140 Å². The first kappa shape index (κ1) is 27.7. The Morgan fingerprint density at radius 3 is 2.21 bits per heavy atom. The lowest BCUT2D eigenvalue weighted by molar-refractivity contribution is 0.438. The molecule has 0 aromatic heterocycles. The highest BCUT2D eigenvalue weighted by molar-refractivity contribution is 5.96. The van der Waals surface area contributed by atoms with E-state index in [9.17, 15) is 0 Å². The molecule has 42 heavy (non-hydrogen) atoms. The number of allylic oxidation sites excluding steroid dienone is 2. The minimum Gasteiger partial charge on any atom is -0.438 e. The molecular formula is C39H40N2O. The topological polar surface area (TPSA) is 24.5 Å². The Kier molecular flexibility index (Phi) is 7.75. The third-order valence-electron chi connectivity index (χ3n) is 8.52. The molecule has 0 radical (unpaired) electrons. The molecular weight excluding hydrogens is 512 g/mol. The first-order valence-electron chi connectivity index (χ1n) is 15.2. The fraction of sp³-hybridized carbons (Fsp3) is 0.231. The summed E-state index contributed by atoms with van der Waals surface area (Å²) in [5.41, 5.74) is 5.46. The van der Waals surface area contributed by atoms with Crippen LogP contribution in [0.25, 0.3) is 21.5 Å². The van der Waals surface area contributed by atoms with Gasteiger partial charge in [-0.15, -0.1) is 0 Å². The molecule has 5 aromatic carbocycles. The Hall–Kier alpha value is -4.50. The summed E-state index contributed by atoms with van der Waals surface area (Å²) in [5, 5.41) is 8.56. The summed E-state index contributed by atoms with van der Waals surface area (Å²) < 4.78 is 6.73. The van der Waals surface area contributed by atoms with Crippen molar-refractivity contribution in [2.75, 3.05) is 23.3 Å². The molecule has 6 rings (SSSR count). The van der Waals surface area contributed by atoms with Gasteiger partial charge in [0.05, 0.1) is 5.69 Å². The van der Waals surface area contributed by atoms with Gasteiger partial charge in [0.2, 0.25) is 5.88 Å². The second-order valence-corrected chi connectivity index (χ2v) is 11.5. The number of hydrogen-bond donors (Lipinski definition) is 1. The van der Waals surface area contributed by atoms with Crippen LogP contribution in [0.4, 0.5) is 11.4 Å². The normalized spacial score (nSPS) is 15.0. The smallest absolute Gasteiger partial charge is 0.200 e. The van der Waals surface area contributed by atoms with Gasteiger partial charge in [0.1, 0.15) is 0 Å². The monoisotopic (exact) mass is 552 g/mol. The van der Waals surface area contributed by atoms with Crippen LogP contribution in [0.3, 0.4) is 0 Å². The van der Waals surface area contributed by atoms with Crippen LogP contribution in [0.1, 0.15) is 44.7 Å². The molecule has 3 nitrogen and oxygen atoms in total. The van der Waals surface area contributed by atoms with Gasteiger partial charge in [0.15, 0.2) is 5.75 Å². The van der Waals surface area contributed by atoms with E-state index in [0.717, 1.165) is 60.6 Å². The molecule has 0 bridgehead atoms. The predicted molar refractivity (Wildman–Crippen MR) is 180 cm³/mol. The Labute approximate surface area is 250 Å². The molecule has 3 heteroatoms. The second-order valence-electron chi connectivity index (χ2n) is 11.5. The first-order valence-corrected chi connectivity index (χ1v) is 15.2. The van der Waals surface area contributed by atoms with E-state index in [1.165, 1.54) is 33.0 Å². The number of nitrogens with one attached hydrogen (secondary N) is 1. The van der Waals surface area contributed by atoms with Gasteiger partial charge in [-0.05, 0) is 64.3 Å². The third-order valence-corrected chi connectivity index (χ3v) is 8.52. The van der Waals surface area contributed by atoms with Gasteiger partial charge in [-0.25, -0.2) is 0 Å². The summed E-state index contributed by atoms with van der Waals surface area (Å²) in [7, 11) is 0. The molecule has 5 aromatic rings. The maximum atomic E-state index is 6.73. The Morgan fingerprint density at radius 2 is 1.48 bits per heavy atom. The molecule has 0 saturated carbocycles. The van der Waals surface area contributed by atoms with Crippen LogP contribution >= 0.6 is 0 Å². The zero-order valence-corrected chi connectivity index (χ0v) is 25.0. The molecule has 0 saturated heterocycles. The lowest BCUT2D eigenvalue weighted by Gasteiger charge is -2.35. The van der Waals surface area contributed by atoms with E-state index in [4.69, 9.17) is 11.3 Å². The van der Waals surface area contributed by atoms with Crippen molar-refractivity contribution < 1.29 is 4.74 Å². The SMILES string of the molecule is C=C(/C=C1\Oc2c(ccc3ccccc23)N1CCC)C(C)(Cc1ccccc1)c1c(NCCC)ccc2ccccc12. The largest absolute Gasteiger partial charge is 0.438 e. The first-order chi connectivity index (χ1) is 20.5. The number of fused-ring (bicyclic) bond motifs is 4. The lowest BCUT2D eigenvalue weighted by Crippen LogP contribution is -2.30. The molecule has 0 fully saturated rings. The molecule has 1 aliphatic rings. The van der Waals surface area contributed by atoms with Gasteiger partial charge in [0, 0.05) is 35.7 Å². The number of anilines is 2. The minimum absolute atomic E-state index is 0.413. The van der Waals surface area contributed by atoms with E-state index >= 15 is 0 Å². The quantitative estimate of drug-likeness (QED) is 0.187. The zero-order valence-electron chi connectivity index (χ0n) is 25.0. The molecule has 1 atom stereocenters.